The monoisotopic (exact) mass is 205 g/mol. The number of benzene rings is 1. The third kappa shape index (κ3) is 1.80. The van der Waals surface area contributed by atoms with Gasteiger partial charge in [-0.15, -0.1) is 0 Å². The second-order valence-electron chi connectivity index (χ2n) is 4.10. The van der Waals surface area contributed by atoms with Gasteiger partial charge < -0.3 is 10.8 Å². The maximum atomic E-state index is 11.2. The minimum atomic E-state index is -0.486. The molecule has 3 nitrogen and oxygen atoms in total. The summed E-state index contributed by atoms with van der Waals surface area (Å²) >= 11 is 0. The third-order valence-corrected chi connectivity index (χ3v) is 3.04. The third-order valence-electron chi connectivity index (χ3n) is 3.04. The van der Waals surface area contributed by atoms with E-state index in [2.05, 4.69) is 0 Å². The van der Waals surface area contributed by atoms with Crippen LogP contribution < -0.4 is 5.73 Å². The van der Waals surface area contributed by atoms with Crippen molar-refractivity contribution in [3.05, 3.63) is 34.9 Å². The first-order valence-corrected chi connectivity index (χ1v) is 5.17. The van der Waals surface area contributed by atoms with Gasteiger partial charge in [0.2, 0.25) is 0 Å². The van der Waals surface area contributed by atoms with Crippen LogP contribution in [0.4, 0.5) is 0 Å². The van der Waals surface area contributed by atoms with Gasteiger partial charge >= 0.3 is 0 Å². The Morgan fingerprint density at radius 2 is 2.27 bits per heavy atom. The van der Waals surface area contributed by atoms with Gasteiger partial charge in [-0.3, -0.25) is 4.79 Å². The molecule has 0 spiro atoms. The lowest BCUT2D eigenvalue weighted by Gasteiger charge is -2.27. The Labute approximate surface area is 88.9 Å². The molecular weight excluding hydrogens is 190 g/mol. The topological polar surface area (TPSA) is 63.3 Å². The minimum Gasteiger partial charge on any atom is -0.391 e. The highest BCUT2D eigenvalue weighted by Gasteiger charge is 2.25. The highest BCUT2D eigenvalue weighted by molar-refractivity contribution is 5.94. The molecule has 0 saturated heterocycles. The largest absolute Gasteiger partial charge is 0.391 e. The summed E-state index contributed by atoms with van der Waals surface area (Å²) in [6.07, 6.45) is 1.05. The Kier molecular flexibility index (Phi) is 2.59. The predicted octanol–water partition coefficient (Wildman–Crippen LogP) is 1.20. The van der Waals surface area contributed by atoms with Crippen molar-refractivity contribution in [2.45, 2.75) is 31.9 Å². The van der Waals surface area contributed by atoms with Crippen molar-refractivity contribution >= 4 is 5.78 Å². The zero-order valence-electron chi connectivity index (χ0n) is 8.73. The molecule has 2 rings (SSSR count). The fourth-order valence-electron chi connectivity index (χ4n) is 2.04. The maximum Gasteiger partial charge on any atom is 0.159 e. The van der Waals surface area contributed by atoms with Gasteiger partial charge in [0.1, 0.15) is 0 Å². The molecule has 1 aliphatic rings. The number of carbonyl (C=O) groups excluding carboxylic acids is 1. The second-order valence-corrected chi connectivity index (χ2v) is 4.10. The standard InChI is InChI=1S/C12H15NO2/c1-7(14)9-3-2-8-4-5-11(15)12(13)10(8)6-9/h2-3,6,11-12,15H,4-5,13H2,1H3/t11-,12-/m1/s1. The molecule has 0 radical (unpaired) electrons. The smallest absolute Gasteiger partial charge is 0.159 e. The van der Waals surface area contributed by atoms with Gasteiger partial charge in [-0.25, -0.2) is 0 Å². The van der Waals surface area contributed by atoms with Crippen molar-refractivity contribution in [3.8, 4) is 0 Å². The molecule has 0 bridgehead atoms. The molecule has 0 aromatic heterocycles. The lowest BCUT2D eigenvalue weighted by Crippen LogP contribution is -2.31. The van der Waals surface area contributed by atoms with E-state index < -0.39 is 6.10 Å². The highest BCUT2D eigenvalue weighted by Crippen LogP contribution is 2.29. The van der Waals surface area contributed by atoms with Crippen LogP contribution in [-0.4, -0.2) is 17.0 Å². The number of ketones is 1. The lowest BCUT2D eigenvalue weighted by atomic mass is 9.85. The summed E-state index contributed by atoms with van der Waals surface area (Å²) in [4.78, 5) is 11.2. The summed E-state index contributed by atoms with van der Waals surface area (Å²) in [7, 11) is 0. The fourth-order valence-corrected chi connectivity index (χ4v) is 2.04. The van der Waals surface area contributed by atoms with Gasteiger partial charge in [-0.1, -0.05) is 12.1 Å². The van der Waals surface area contributed by atoms with E-state index >= 15 is 0 Å². The summed E-state index contributed by atoms with van der Waals surface area (Å²) in [5, 5.41) is 9.64. The molecule has 0 fully saturated rings. The highest BCUT2D eigenvalue weighted by atomic mass is 16.3. The SMILES string of the molecule is CC(=O)c1ccc2c(c1)[C@@H](N)[C@H](O)CC2. The van der Waals surface area contributed by atoms with Crippen LogP contribution in [0.15, 0.2) is 18.2 Å². The van der Waals surface area contributed by atoms with Crippen molar-refractivity contribution in [3.63, 3.8) is 0 Å². The molecule has 0 aliphatic heterocycles. The molecule has 0 heterocycles. The molecule has 15 heavy (non-hydrogen) atoms. The van der Waals surface area contributed by atoms with Gasteiger partial charge in [0.15, 0.2) is 5.78 Å². The Balaban J connectivity index is 2.45. The number of carbonyl (C=O) groups is 1. The van der Waals surface area contributed by atoms with E-state index in [1.165, 1.54) is 6.92 Å². The van der Waals surface area contributed by atoms with Gasteiger partial charge in [0.05, 0.1) is 12.1 Å². The molecule has 0 saturated carbocycles. The number of fused-ring (bicyclic) bond motifs is 1. The van der Waals surface area contributed by atoms with E-state index in [-0.39, 0.29) is 11.8 Å². The van der Waals surface area contributed by atoms with E-state index in [4.69, 9.17) is 5.73 Å². The van der Waals surface area contributed by atoms with Crippen molar-refractivity contribution < 1.29 is 9.90 Å². The predicted molar refractivity (Wildman–Crippen MR) is 57.7 cm³/mol. The number of Topliss-reactive ketones (excluding diaryl/α,β-unsaturated/α-hetero) is 1. The molecular formula is C12H15NO2. The van der Waals surface area contributed by atoms with Crippen LogP contribution >= 0.6 is 0 Å². The van der Waals surface area contributed by atoms with E-state index in [0.717, 1.165) is 17.5 Å². The maximum absolute atomic E-state index is 11.2. The number of hydrogen-bond donors (Lipinski definition) is 2. The zero-order valence-corrected chi connectivity index (χ0v) is 8.73. The minimum absolute atomic E-state index is 0.0325. The molecule has 1 aromatic carbocycles. The second kappa shape index (κ2) is 3.76. The van der Waals surface area contributed by atoms with Crippen molar-refractivity contribution in [2.24, 2.45) is 5.73 Å². The fraction of sp³-hybridized carbons (Fsp3) is 0.417. The Bertz CT molecular complexity index is 401. The summed E-state index contributed by atoms with van der Waals surface area (Å²) in [6.45, 7) is 1.53. The Morgan fingerprint density at radius 3 is 2.93 bits per heavy atom. The summed E-state index contributed by atoms with van der Waals surface area (Å²) in [5.41, 5.74) is 8.63. The molecule has 3 heteroatoms. The van der Waals surface area contributed by atoms with Crippen molar-refractivity contribution in [2.75, 3.05) is 0 Å². The van der Waals surface area contributed by atoms with E-state index in [1.54, 1.807) is 0 Å². The molecule has 1 aliphatic carbocycles. The van der Waals surface area contributed by atoms with Crippen molar-refractivity contribution in [1.82, 2.24) is 0 Å². The van der Waals surface area contributed by atoms with Gasteiger partial charge in [-0.2, -0.15) is 0 Å². The number of aryl methyl sites for hydroxylation is 1. The van der Waals surface area contributed by atoms with Gasteiger partial charge in [0, 0.05) is 5.56 Å². The first-order chi connectivity index (χ1) is 7.09. The quantitative estimate of drug-likeness (QED) is 0.677. The van der Waals surface area contributed by atoms with Crippen LogP contribution in [0.25, 0.3) is 0 Å². The number of aliphatic hydroxyl groups excluding tert-OH is 1. The first-order valence-electron chi connectivity index (χ1n) is 5.17. The van der Waals surface area contributed by atoms with Crippen LogP contribution in [0.2, 0.25) is 0 Å². The Morgan fingerprint density at radius 1 is 1.53 bits per heavy atom. The van der Waals surface area contributed by atoms with Crippen LogP contribution in [0.5, 0.6) is 0 Å². The van der Waals surface area contributed by atoms with E-state index in [1.807, 2.05) is 18.2 Å². The molecule has 2 atom stereocenters. The van der Waals surface area contributed by atoms with Gasteiger partial charge in [-0.05, 0) is 37.0 Å². The van der Waals surface area contributed by atoms with Crippen molar-refractivity contribution in [1.29, 1.82) is 0 Å². The number of aliphatic hydroxyl groups is 1. The summed E-state index contributed by atoms with van der Waals surface area (Å²) in [5.74, 6) is 0.0325. The van der Waals surface area contributed by atoms with Crippen LogP contribution in [-0.2, 0) is 6.42 Å². The average molecular weight is 205 g/mol. The first kappa shape index (κ1) is 10.3. The number of nitrogens with two attached hydrogens (primary N) is 1. The molecule has 80 valence electrons. The zero-order chi connectivity index (χ0) is 11.0. The van der Waals surface area contributed by atoms with E-state index in [0.29, 0.717) is 12.0 Å². The average Bonchev–Trinajstić information content (AvgIpc) is 2.23. The summed E-state index contributed by atoms with van der Waals surface area (Å²) < 4.78 is 0. The molecule has 0 amide bonds. The summed E-state index contributed by atoms with van der Waals surface area (Å²) in [6, 6.07) is 5.22. The number of rotatable bonds is 1. The number of hydrogen-bond acceptors (Lipinski definition) is 3. The van der Waals surface area contributed by atoms with Crippen LogP contribution in [0.1, 0.15) is 40.9 Å². The van der Waals surface area contributed by atoms with Crippen LogP contribution in [0, 0.1) is 0 Å². The lowest BCUT2D eigenvalue weighted by molar-refractivity contribution is 0.101. The molecule has 0 unspecified atom stereocenters. The van der Waals surface area contributed by atoms with Gasteiger partial charge in [0.25, 0.3) is 0 Å². The van der Waals surface area contributed by atoms with E-state index in [9.17, 15) is 9.90 Å². The normalized spacial score (nSPS) is 24.7. The van der Waals surface area contributed by atoms with Crippen LogP contribution in [0.3, 0.4) is 0 Å². The molecule has 1 aromatic rings. The molecule has 3 N–H and O–H groups in total. The Hall–Kier alpha value is -1.19.